The lowest BCUT2D eigenvalue weighted by Crippen LogP contribution is -2.27. The molecule has 1 N–H and O–H groups in total. The van der Waals surface area contributed by atoms with Gasteiger partial charge in [-0.25, -0.2) is 0 Å². The van der Waals surface area contributed by atoms with Crippen LogP contribution in [0.5, 0.6) is 0 Å². The molecule has 3 heteroatoms. The van der Waals surface area contributed by atoms with Crippen LogP contribution in [0.25, 0.3) is 0 Å². The molecular formula is C13H28O3. The van der Waals surface area contributed by atoms with E-state index in [-0.39, 0.29) is 18.8 Å². The van der Waals surface area contributed by atoms with Crippen LogP contribution in [-0.4, -0.2) is 36.6 Å². The van der Waals surface area contributed by atoms with Crippen LogP contribution in [0, 0.1) is 5.92 Å². The summed E-state index contributed by atoms with van der Waals surface area (Å²) in [5.74, 6) is 0.662. The van der Waals surface area contributed by atoms with Gasteiger partial charge in [0.2, 0.25) is 0 Å². The summed E-state index contributed by atoms with van der Waals surface area (Å²) < 4.78 is 11.3. The molecule has 0 aliphatic rings. The summed E-state index contributed by atoms with van der Waals surface area (Å²) in [5.41, 5.74) is 0. The Morgan fingerprint density at radius 1 is 1.06 bits per heavy atom. The molecule has 98 valence electrons. The van der Waals surface area contributed by atoms with Crippen LogP contribution in [0.3, 0.4) is 0 Å². The molecule has 0 bridgehead atoms. The quantitative estimate of drug-likeness (QED) is 0.664. The standard InChI is InChI=1S/C13H28O3/c1-6-13(7-10(2)3)16-12(5)9-15-11(4)8-14/h10-14H,6-9H2,1-5H3. The lowest BCUT2D eigenvalue weighted by Gasteiger charge is -2.23. The summed E-state index contributed by atoms with van der Waals surface area (Å²) in [7, 11) is 0. The van der Waals surface area contributed by atoms with Gasteiger partial charge in [0, 0.05) is 0 Å². The fourth-order valence-electron chi connectivity index (χ4n) is 1.56. The van der Waals surface area contributed by atoms with Crippen molar-refractivity contribution >= 4 is 0 Å². The first-order valence-corrected chi connectivity index (χ1v) is 6.37. The minimum atomic E-state index is -0.101. The molecule has 0 aromatic heterocycles. The Balaban J connectivity index is 3.77. The minimum absolute atomic E-state index is 0.0654. The second-order valence-electron chi connectivity index (χ2n) is 4.93. The van der Waals surface area contributed by atoms with E-state index in [1.165, 1.54) is 0 Å². The van der Waals surface area contributed by atoms with Gasteiger partial charge in [-0.1, -0.05) is 20.8 Å². The van der Waals surface area contributed by atoms with Crippen molar-refractivity contribution in [3.05, 3.63) is 0 Å². The molecule has 3 unspecified atom stereocenters. The highest BCUT2D eigenvalue weighted by atomic mass is 16.5. The van der Waals surface area contributed by atoms with Gasteiger partial charge in [-0.05, 0) is 32.6 Å². The van der Waals surface area contributed by atoms with E-state index in [1.807, 2.05) is 13.8 Å². The summed E-state index contributed by atoms with van der Waals surface area (Å²) in [6.45, 7) is 11.1. The van der Waals surface area contributed by atoms with Gasteiger partial charge in [-0.3, -0.25) is 0 Å². The van der Waals surface area contributed by atoms with E-state index < -0.39 is 0 Å². The van der Waals surface area contributed by atoms with Crippen molar-refractivity contribution < 1.29 is 14.6 Å². The lowest BCUT2D eigenvalue weighted by molar-refractivity contribution is -0.0774. The molecular weight excluding hydrogens is 204 g/mol. The van der Waals surface area contributed by atoms with Crippen molar-refractivity contribution in [2.24, 2.45) is 5.92 Å². The van der Waals surface area contributed by atoms with Gasteiger partial charge in [0.1, 0.15) is 0 Å². The minimum Gasteiger partial charge on any atom is -0.394 e. The molecule has 0 aliphatic carbocycles. The predicted octanol–water partition coefficient (Wildman–Crippen LogP) is 2.61. The molecule has 0 heterocycles. The van der Waals surface area contributed by atoms with Crippen LogP contribution in [0.15, 0.2) is 0 Å². The Morgan fingerprint density at radius 2 is 1.69 bits per heavy atom. The lowest BCUT2D eigenvalue weighted by atomic mass is 10.0. The van der Waals surface area contributed by atoms with Gasteiger partial charge in [0.25, 0.3) is 0 Å². The molecule has 0 saturated heterocycles. The molecule has 0 rings (SSSR count). The Labute approximate surface area is 100 Å². The van der Waals surface area contributed by atoms with E-state index in [0.717, 1.165) is 12.8 Å². The third kappa shape index (κ3) is 8.08. The highest BCUT2D eigenvalue weighted by Crippen LogP contribution is 2.13. The molecule has 0 aromatic rings. The summed E-state index contributed by atoms with van der Waals surface area (Å²) in [6, 6.07) is 0. The van der Waals surface area contributed by atoms with Gasteiger partial charge in [-0.2, -0.15) is 0 Å². The number of aliphatic hydroxyl groups is 1. The Hall–Kier alpha value is -0.120. The first-order chi connectivity index (χ1) is 7.49. The molecule has 0 aliphatic heterocycles. The molecule has 16 heavy (non-hydrogen) atoms. The van der Waals surface area contributed by atoms with Crippen molar-refractivity contribution in [2.45, 2.75) is 65.8 Å². The van der Waals surface area contributed by atoms with Gasteiger partial charge in [0.05, 0.1) is 31.5 Å². The maximum atomic E-state index is 8.83. The molecule has 0 spiro atoms. The fourth-order valence-corrected chi connectivity index (χ4v) is 1.56. The first-order valence-electron chi connectivity index (χ1n) is 6.37. The third-order valence-electron chi connectivity index (χ3n) is 2.49. The maximum Gasteiger partial charge on any atom is 0.0784 e. The van der Waals surface area contributed by atoms with E-state index >= 15 is 0 Å². The van der Waals surface area contributed by atoms with E-state index in [2.05, 4.69) is 20.8 Å². The summed E-state index contributed by atoms with van der Waals surface area (Å²) >= 11 is 0. The largest absolute Gasteiger partial charge is 0.394 e. The van der Waals surface area contributed by atoms with Crippen molar-refractivity contribution in [1.82, 2.24) is 0 Å². The van der Waals surface area contributed by atoms with Gasteiger partial charge >= 0.3 is 0 Å². The Morgan fingerprint density at radius 3 is 2.12 bits per heavy atom. The number of hydrogen-bond donors (Lipinski definition) is 1. The van der Waals surface area contributed by atoms with Gasteiger partial charge < -0.3 is 14.6 Å². The van der Waals surface area contributed by atoms with Crippen molar-refractivity contribution in [3.8, 4) is 0 Å². The highest BCUT2D eigenvalue weighted by Gasteiger charge is 2.14. The number of aliphatic hydroxyl groups excluding tert-OH is 1. The number of rotatable bonds is 9. The van der Waals surface area contributed by atoms with Crippen molar-refractivity contribution in [3.63, 3.8) is 0 Å². The predicted molar refractivity (Wildman–Crippen MR) is 66.6 cm³/mol. The van der Waals surface area contributed by atoms with Crippen LogP contribution >= 0.6 is 0 Å². The van der Waals surface area contributed by atoms with E-state index in [4.69, 9.17) is 14.6 Å². The topological polar surface area (TPSA) is 38.7 Å². The van der Waals surface area contributed by atoms with E-state index in [9.17, 15) is 0 Å². The van der Waals surface area contributed by atoms with Gasteiger partial charge in [-0.15, -0.1) is 0 Å². The van der Waals surface area contributed by atoms with Crippen LogP contribution in [-0.2, 0) is 9.47 Å². The summed E-state index contributed by atoms with van der Waals surface area (Å²) in [4.78, 5) is 0. The van der Waals surface area contributed by atoms with E-state index in [1.54, 1.807) is 0 Å². The third-order valence-corrected chi connectivity index (χ3v) is 2.49. The SMILES string of the molecule is CCC(CC(C)C)OC(C)COC(C)CO. The number of ether oxygens (including phenoxy) is 2. The highest BCUT2D eigenvalue weighted by molar-refractivity contribution is 4.62. The molecule has 0 aromatic carbocycles. The molecule has 0 radical (unpaired) electrons. The zero-order chi connectivity index (χ0) is 12.6. The maximum absolute atomic E-state index is 8.83. The van der Waals surface area contributed by atoms with Crippen LogP contribution in [0.2, 0.25) is 0 Å². The zero-order valence-electron chi connectivity index (χ0n) is 11.4. The van der Waals surface area contributed by atoms with Crippen LogP contribution in [0.4, 0.5) is 0 Å². The normalized spacial score (nSPS) is 17.4. The second kappa shape index (κ2) is 8.97. The molecule has 3 nitrogen and oxygen atoms in total. The average molecular weight is 232 g/mol. The van der Waals surface area contributed by atoms with Crippen LogP contribution < -0.4 is 0 Å². The molecule has 0 saturated carbocycles. The van der Waals surface area contributed by atoms with Crippen LogP contribution in [0.1, 0.15) is 47.5 Å². The van der Waals surface area contributed by atoms with Crippen molar-refractivity contribution in [2.75, 3.05) is 13.2 Å². The Bertz CT molecular complexity index is 159. The van der Waals surface area contributed by atoms with Gasteiger partial charge in [0.15, 0.2) is 0 Å². The second-order valence-corrected chi connectivity index (χ2v) is 4.93. The first kappa shape index (κ1) is 15.9. The average Bonchev–Trinajstić information content (AvgIpc) is 2.24. The monoisotopic (exact) mass is 232 g/mol. The number of hydrogen-bond acceptors (Lipinski definition) is 3. The molecule has 0 amide bonds. The zero-order valence-corrected chi connectivity index (χ0v) is 11.4. The summed E-state index contributed by atoms with van der Waals surface area (Å²) in [6.07, 6.45) is 2.45. The summed E-state index contributed by atoms with van der Waals surface area (Å²) in [5, 5.41) is 8.83. The van der Waals surface area contributed by atoms with E-state index in [0.29, 0.717) is 18.6 Å². The molecule has 0 fully saturated rings. The van der Waals surface area contributed by atoms with Crippen molar-refractivity contribution in [1.29, 1.82) is 0 Å². The molecule has 3 atom stereocenters. The fraction of sp³-hybridized carbons (Fsp3) is 1.00. The Kier molecular flexibility index (Phi) is 8.90. The smallest absolute Gasteiger partial charge is 0.0784 e.